The molecule has 2 heterocycles. The van der Waals surface area contributed by atoms with E-state index >= 15 is 0 Å². The standard InChI is InChI=1S/C26H21FN2O4/c1-2-14-33-21-11-7-18(8-12-21)23-22(24(30)19-5-9-20(27)10-6-19)25(31)26(32)29(23)16-17-4-3-13-28-15-17/h2-13,15,23,30H,1,14,16H2. The first-order valence-corrected chi connectivity index (χ1v) is 10.3. The largest absolute Gasteiger partial charge is 0.507 e. The zero-order valence-electron chi connectivity index (χ0n) is 17.6. The Morgan fingerprint density at radius 2 is 1.85 bits per heavy atom. The monoisotopic (exact) mass is 444 g/mol. The van der Waals surface area contributed by atoms with Gasteiger partial charge >= 0.3 is 0 Å². The molecule has 7 heteroatoms. The second kappa shape index (κ2) is 9.48. The van der Waals surface area contributed by atoms with Gasteiger partial charge < -0.3 is 14.7 Å². The predicted octanol–water partition coefficient (Wildman–Crippen LogP) is 4.41. The lowest BCUT2D eigenvalue weighted by molar-refractivity contribution is -0.140. The van der Waals surface area contributed by atoms with Crippen LogP contribution in [0.25, 0.3) is 5.76 Å². The summed E-state index contributed by atoms with van der Waals surface area (Å²) in [5, 5.41) is 11.0. The molecule has 1 unspecified atom stereocenters. The Morgan fingerprint density at radius 3 is 2.48 bits per heavy atom. The van der Waals surface area contributed by atoms with E-state index < -0.39 is 23.5 Å². The number of Topliss-reactive ketones (excluding diaryl/α,β-unsaturated/α-hetero) is 1. The second-order valence-corrected chi connectivity index (χ2v) is 7.46. The summed E-state index contributed by atoms with van der Waals surface area (Å²) in [5.74, 6) is -1.78. The van der Waals surface area contributed by atoms with Crippen LogP contribution in [0.5, 0.6) is 5.75 Å². The molecule has 6 nitrogen and oxygen atoms in total. The number of ketones is 1. The van der Waals surface area contributed by atoms with E-state index in [1.807, 2.05) is 0 Å². The van der Waals surface area contributed by atoms with Crippen LogP contribution in [0.2, 0.25) is 0 Å². The minimum Gasteiger partial charge on any atom is -0.507 e. The average Bonchev–Trinajstić information content (AvgIpc) is 3.08. The number of nitrogens with zero attached hydrogens (tertiary/aromatic N) is 2. The van der Waals surface area contributed by atoms with Gasteiger partial charge in [0.25, 0.3) is 11.7 Å². The Hall–Kier alpha value is -4.26. The molecular weight excluding hydrogens is 423 g/mol. The number of aliphatic hydroxyl groups is 1. The van der Waals surface area contributed by atoms with Gasteiger partial charge in [-0.2, -0.15) is 0 Å². The van der Waals surface area contributed by atoms with Crippen LogP contribution in [-0.4, -0.2) is 33.3 Å². The number of aromatic nitrogens is 1. The fraction of sp³-hybridized carbons (Fsp3) is 0.115. The van der Waals surface area contributed by atoms with Crippen LogP contribution in [-0.2, 0) is 16.1 Å². The average molecular weight is 444 g/mol. The Balaban J connectivity index is 1.80. The van der Waals surface area contributed by atoms with Gasteiger partial charge in [0.2, 0.25) is 0 Å². The van der Waals surface area contributed by atoms with E-state index in [0.29, 0.717) is 17.9 Å². The van der Waals surface area contributed by atoms with E-state index in [1.165, 1.54) is 29.2 Å². The van der Waals surface area contributed by atoms with Crippen molar-refractivity contribution in [3.8, 4) is 5.75 Å². The Kier molecular flexibility index (Phi) is 6.31. The molecule has 0 radical (unpaired) electrons. The van der Waals surface area contributed by atoms with Crippen molar-refractivity contribution in [3.63, 3.8) is 0 Å². The van der Waals surface area contributed by atoms with Crippen LogP contribution >= 0.6 is 0 Å². The highest BCUT2D eigenvalue weighted by Crippen LogP contribution is 2.40. The van der Waals surface area contributed by atoms with Crippen LogP contribution < -0.4 is 4.74 Å². The topological polar surface area (TPSA) is 79.7 Å². The number of halogens is 1. The van der Waals surface area contributed by atoms with Crippen molar-refractivity contribution in [3.05, 3.63) is 114 Å². The lowest BCUT2D eigenvalue weighted by atomic mass is 9.95. The van der Waals surface area contributed by atoms with Crippen LogP contribution in [0.4, 0.5) is 4.39 Å². The number of aliphatic hydroxyl groups excluding tert-OH is 1. The number of carbonyl (C=O) groups excluding carboxylic acids is 2. The van der Waals surface area contributed by atoms with Crippen molar-refractivity contribution in [2.45, 2.75) is 12.6 Å². The zero-order valence-corrected chi connectivity index (χ0v) is 17.6. The van der Waals surface area contributed by atoms with Gasteiger partial charge in [0.1, 0.15) is 23.9 Å². The highest BCUT2D eigenvalue weighted by Gasteiger charge is 2.46. The number of benzene rings is 2. The molecule has 2 aromatic carbocycles. The number of hydrogen-bond donors (Lipinski definition) is 1. The number of ether oxygens (including phenoxy) is 1. The second-order valence-electron chi connectivity index (χ2n) is 7.46. The van der Waals surface area contributed by atoms with Crippen molar-refractivity contribution in [1.82, 2.24) is 9.88 Å². The first-order chi connectivity index (χ1) is 16.0. The molecule has 0 bridgehead atoms. The Bertz CT molecular complexity index is 1210. The number of pyridine rings is 1. The minimum atomic E-state index is -0.844. The van der Waals surface area contributed by atoms with E-state index in [1.54, 1.807) is 54.9 Å². The van der Waals surface area contributed by atoms with Gasteiger partial charge in [-0.15, -0.1) is 0 Å². The molecule has 3 aromatic rings. The number of carbonyl (C=O) groups is 2. The molecule has 0 saturated carbocycles. The molecule has 1 fully saturated rings. The third-order valence-corrected chi connectivity index (χ3v) is 5.30. The quantitative estimate of drug-likeness (QED) is 0.253. The van der Waals surface area contributed by atoms with Crippen LogP contribution in [0, 0.1) is 5.82 Å². The molecule has 1 aliphatic heterocycles. The zero-order chi connectivity index (χ0) is 23.4. The van der Waals surface area contributed by atoms with Crippen LogP contribution in [0.1, 0.15) is 22.7 Å². The maximum absolute atomic E-state index is 13.4. The third-order valence-electron chi connectivity index (χ3n) is 5.30. The number of likely N-dealkylation sites (tertiary alicyclic amines) is 1. The van der Waals surface area contributed by atoms with Crippen molar-refractivity contribution < 1.29 is 23.8 Å². The van der Waals surface area contributed by atoms with Gasteiger partial charge in [0.05, 0.1) is 11.6 Å². The molecule has 0 spiro atoms. The number of amides is 1. The third kappa shape index (κ3) is 4.52. The molecule has 1 saturated heterocycles. The van der Waals surface area contributed by atoms with Gasteiger partial charge in [-0.3, -0.25) is 14.6 Å². The molecule has 1 atom stereocenters. The fourth-order valence-electron chi connectivity index (χ4n) is 3.74. The Morgan fingerprint density at radius 1 is 1.12 bits per heavy atom. The summed E-state index contributed by atoms with van der Waals surface area (Å²) in [5.41, 5.74) is 1.53. The highest BCUT2D eigenvalue weighted by molar-refractivity contribution is 6.46. The molecule has 4 rings (SSSR count). The smallest absolute Gasteiger partial charge is 0.295 e. The molecule has 1 aromatic heterocycles. The summed E-state index contributed by atoms with van der Waals surface area (Å²) in [7, 11) is 0. The highest BCUT2D eigenvalue weighted by atomic mass is 19.1. The van der Waals surface area contributed by atoms with Gasteiger partial charge in [0, 0.05) is 24.5 Å². The lowest BCUT2D eigenvalue weighted by Crippen LogP contribution is -2.29. The normalized spacial score (nSPS) is 17.2. The molecule has 0 aliphatic carbocycles. The van der Waals surface area contributed by atoms with Gasteiger partial charge in [-0.25, -0.2) is 4.39 Å². The first kappa shape index (κ1) is 22.0. The van der Waals surface area contributed by atoms with E-state index in [9.17, 15) is 19.1 Å². The van der Waals surface area contributed by atoms with E-state index in [0.717, 1.165) is 5.56 Å². The number of hydrogen-bond acceptors (Lipinski definition) is 5. The van der Waals surface area contributed by atoms with Crippen molar-refractivity contribution in [2.24, 2.45) is 0 Å². The van der Waals surface area contributed by atoms with Gasteiger partial charge in [0.15, 0.2) is 0 Å². The predicted molar refractivity (Wildman–Crippen MR) is 121 cm³/mol. The molecule has 33 heavy (non-hydrogen) atoms. The molecule has 1 aliphatic rings. The van der Waals surface area contributed by atoms with E-state index in [2.05, 4.69) is 11.6 Å². The lowest BCUT2D eigenvalue weighted by Gasteiger charge is -2.25. The SMILES string of the molecule is C=CCOc1ccc(C2C(=C(O)c3ccc(F)cc3)C(=O)C(=O)N2Cc2cccnc2)cc1. The summed E-state index contributed by atoms with van der Waals surface area (Å²) in [6, 6.07) is 14.7. The van der Waals surface area contributed by atoms with Crippen molar-refractivity contribution in [2.75, 3.05) is 6.61 Å². The van der Waals surface area contributed by atoms with Gasteiger partial charge in [-0.1, -0.05) is 30.9 Å². The Labute approximate surface area is 190 Å². The molecule has 1 amide bonds. The maximum atomic E-state index is 13.4. The summed E-state index contributed by atoms with van der Waals surface area (Å²) >= 11 is 0. The summed E-state index contributed by atoms with van der Waals surface area (Å²) in [4.78, 5) is 31.5. The van der Waals surface area contributed by atoms with Crippen LogP contribution in [0.15, 0.2) is 91.3 Å². The number of rotatable bonds is 7. The van der Waals surface area contributed by atoms with Crippen LogP contribution in [0.3, 0.4) is 0 Å². The van der Waals surface area contributed by atoms with Crippen molar-refractivity contribution >= 4 is 17.4 Å². The fourth-order valence-corrected chi connectivity index (χ4v) is 3.74. The molecular formula is C26H21FN2O4. The summed E-state index contributed by atoms with van der Waals surface area (Å²) in [6.07, 6.45) is 4.85. The van der Waals surface area contributed by atoms with Gasteiger partial charge in [-0.05, 0) is 53.6 Å². The van der Waals surface area contributed by atoms with E-state index in [-0.39, 0.29) is 23.4 Å². The molecule has 1 N–H and O–H groups in total. The maximum Gasteiger partial charge on any atom is 0.295 e. The first-order valence-electron chi connectivity index (χ1n) is 10.3. The van der Waals surface area contributed by atoms with E-state index in [4.69, 9.17) is 4.74 Å². The summed E-state index contributed by atoms with van der Waals surface area (Å²) in [6.45, 7) is 4.08. The summed E-state index contributed by atoms with van der Waals surface area (Å²) < 4.78 is 18.9. The van der Waals surface area contributed by atoms with Crippen molar-refractivity contribution in [1.29, 1.82) is 0 Å². The minimum absolute atomic E-state index is 0.0599. The molecule has 166 valence electrons.